The van der Waals surface area contributed by atoms with Crippen molar-refractivity contribution in [2.75, 3.05) is 53.1 Å². The quantitative estimate of drug-likeness (QED) is 0.754. The van der Waals surface area contributed by atoms with Gasteiger partial charge in [-0.15, -0.1) is 0 Å². The van der Waals surface area contributed by atoms with E-state index in [9.17, 15) is 0 Å². The third-order valence-corrected chi connectivity index (χ3v) is 4.79. The lowest BCUT2D eigenvalue weighted by molar-refractivity contribution is -0.188. The van der Waals surface area contributed by atoms with Crippen LogP contribution in [0, 0.1) is 11.3 Å². The van der Waals surface area contributed by atoms with Crippen LogP contribution < -0.4 is 5.32 Å². The SMILES string of the molecule is CN1CCCC(C2(C3COCCN3)COC2)C1. The molecule has 3 aliphatic rings. The number of morpholine rings is 1. The second kappa shape index (κ2) is 4.84. The second-order valence-electron chi connectivity index (χ2n) is 5.91. The summed E-state index contributed by atoms with van der Waals surface area (Å²) in [7, 11) is 2.24. The third-order valence-electron chi connectivity index (χ3n) is 4.79. The van der Waals surface area contributed by atoms with Gasteiger partial charge in [0.1, 0.15) is 0 Å². The first kappa shape index (κ1) is 11.9. The van der Waals surface area contributed by atoms with E-state index >= 15 is 0 Å². The Labute approximate surface area is 104 Å². The molecular formula is C13H24N2O2. The predicted octanol–water partition coefficient (Wildman–Crippen LogP) is 0.333. The molecule has 2 unspecified atom stereocenters. The molecule has 0 aromatic rings. The van der Waals surface area contributed by atoms with Crippen LogP contribution in [0.3, 0.4) is 0 Å². The zero-order valence-corrected chi connectivity index (χ0v) is 10.8. The van der Waals surface area contributed by atoms with Crippen molar-refractivity contribution >= 4 is 0 Å². The molecule has 0 amide bonds. The third kappa shape index (κ3) is 2.12. The molecule has 0 aromatic heterocycles. The van der Waals surface area contributed by atoms with Crippen LogP contribution in [0.25, 0.3) is 0 Å². The maximum atomic E-state index is 5.65. The number of hydrogen-bond donors (Lipinski definition) is 1. The molecule has 1 N–H and O–H groups in total. The van der Waals surface area contributed by atoms with E-state index in [1.54, 1.807) is 0 Å². The number of hydrogen-bond acceptors (Lipinski definition) is 4. The van der Waals surface area contributed by atoms with E-state index in [0.29, 0.717) is 11.5 Å². The molecule has 17 heavy (non-hydrogen) atoms. The Morgan fingerprint density at radius 2 is 2.18 bits per heavy atom. The molecule has 3 fully saturated rings. The van der Waals surface area contributed by atoms with Gasteiger partial charge in [0.2, 0.25) is 0 Å². The van der Waals surface area contributed by atoms with Gasteiger partial charge in [0.25, 0.3) is 0 Å². The van der Waals surface area contributed by atoms with E-state index in [-0.39, 0.29) is 0 Å². The van der Waals surface area contributed by atoms with E-state index in [4.69, 9.17) is 9.47 Å². The highest BCUT2D eigenvalue weighted by molar-refractivity contribution is 5.03. The van der Waals surface area contributed by atoms with Crippen molar-refractivity contribution in [1.29, 1.82) is 0 Å². The average molecular weight is 240 g/mol. The number of rotatable bonds is 2. The van der Waals surface area contributed by atoms with Gasteiger partial charge in [-0.1, -0.05) is 0 Å². The van der Waals surface area contributed by atoms with Crippen LogP contribution in [0.2, 0.25) is 0 Å². The summed E-state index contributed by atoms with van der Waals surface area (Å²) in [6.45, 7) is 7.04. The summed E-state index contributed by atoms with van der Waals surface area (Å²) in [6, 6.07) is 0.501. The smallest absolute Gasteiger partial charge is 0.0627 e. The fourth-order valence-electron chi connectivity index (χ4n) is 3.63. The fraction of sp³-hybridized carbons (Fsp3) is 1.00. The highest BCUT2D eigenvalue weighted by atomic mass is 16.5. The summed E-state index contributed by atoms with van der Waals surface area (Å²) >= 11 is 0. The summed E-state index contributed by atoms with van der Waals surface area (Å²) in [5, 5.41) is 3.65. The van der Waals surface area contributed by atoms with Gasteiger partial charge in [0.05, 0.1) is 26.4 Å². The molecule has 3 aliphatic heterocycles. The minimum Gasteiger partial charge on any atom is -0.380 e. The molecule has 98 valence electrons. The Morgan fingerprint density at radius 1 is 1.29 bits per heavy atom. The number of nitrogens with one attached hydrogen (secondary N) is 1. The topological polar surface area (TPSA) is 33.7 Å². The molecule has 4 nitrogen and oxygen atoms in total. The summed E-state index contributed by atoms with van der Waals surface area (Å²) < 4.78 is 11.2. The second-order valence-corrected chi connectivity index (χ2v) is 5.91. The van der Waals surface area contributed by atoms with Crippen LogP contribution in [0.5, 0.6) is 0 Å². The molecular weight excluding hydrogens is 216 g/mol. The fourth-order valence-corrected chi connectivity index (χ4v) is 3.63. The highest BCUT2D eigenvalue weighted by Gasteiger charge is 2.52. The molecule has 3 rings (SSSR count). The van der Waals surface area contributed by atoms with E-state index in [2.05, 4.69) is 17.3 Å². The highest BCUT2D eigenvalue weighted by Crippen LogP contribution is 2.43. The van der Waals surface area contributed by atoms with Gasteiger partial charge < -0.3 is 19.7 Å². The van der Waals surface area contributed by atoms with Crippen LogP contribution in [-0.2, 0) is 9.47 Å². The van der Waals surface area contributed by atoms with Crippen molar-refractivity contribution in [2.45, 2.75) is 18.9 Å². The van der Waals surface area contributed by atoms with Crippen LogP contribution in [-0.4, -0.2) is 64.1 Å². The zero-order chi connectivity index (χ0) is 11.7. The number of nitrogens with zero attached hydrogens (tertiary/aromatic N) is 1. The lowest BCUT2D eigenvalue weighted by Gasteiger charge is -2.55. The monoisotopic (exact) mass is 240 g/mol. The van der Waals surface area contributed by atoms with Gasteiger partial charge in [-0.25, -0.2) is 0 Å². The standard InChI is InChI=1S/C13H24N2O2/c1-15-5-2-3-11(7-15)13(9-17-10-13)12-8-16-6-4-14-12/h11-12,14H,2-10H2,1H3. The van der Waals surface area contributed by atoms with Gasteiger partial charge in [-0.05, 0) is 32.4 Å². The minimum absolute atomic E-state index is 0.342. The Bertz CT molecular complexity index is 262. The maximum absolute atomic E-state index is 5.65. The minimum atomic E-state index is 0.342. The van der Waals surface area contributed by atoms with Gasteiger partial charge in [-0.3, -0.25) is 0 Å². The zero-order valence-electron chi connectivity index (χ0n) is 10.8. The van der Waals surface area contributed by atoms with E-state index in [1.807, 2.05) is 0 Å². The van der Waals surface area contributed by atoms with Crippen LogP contribution in [0.4, 0.5) is 0 Å². The van der Waals surface area contributed by atoms with Crippen molar-refractivity contribution in [3.63, 3.8) is 0 Å². The van der Waals surface area contributed by atoms with E-state index in [1.165, 1.54) is 25.9 Å². The Kier molecular flexibility index (Phi) is 3.39. The van der Waals surface area contributed by atoms with Crippen molar-refractivity contribution in [3.05, 3.63) is 0 Å². The molecule has 3 heterocycles. The first-order valence-corrected chi connectivity index (χ1v) is 6.89. The molecule has 0 aliphatic carbocycles. The van der Waals surface area contributed by atoms with Crippen LogP contribution in [0.15, 0.2) is 0 Å². The largest absolute Gasteiger partial charge is 0.380 e. The number of ether oxygens (including phenoxy) is 2. The normalized spacial score (nSPS) is 38.6. The van der Waals surface area contributed by atoms with Crippen molar-refractivity contribution in [1.82, 2.24) is 10.2 Å². The summed E-state index contributed by atoms with van der Waals surface area (Å²) in [4.78, 5) is 2.47. The molecule has 2 atom stereocenters. The number of piperidine rings is 1. The molecule has 0 radical (unpaired) electrons. The first-order chi connectivity index (χ1) is 8.31. The van der Waals surface area contributed by atoms with Gasteiger partial charge in [0.15, 0.2) is 0 Å². The maximum Gasteiger partial charge on any atom is 0.0627 e. The van der Waals surface area contributed by atoms with Crippen LogP contribution >= 0.6 is 0 Å². The Morgan fingerprint density at radius 3 is 2.76 bits per heavy atom. The van der Waals surface area contributed by atoms with Crippen LogP contribution in [0.1, 0.15) is 12.8 Å². The van der Waals surface area contributed by atoms with E-state index < -0.39 is 0 Å². The van der Waals surface area contributed by atoms with Crippen molar-refractivity contribution < 1.29 is 9.47 Å². The summed E-state index contributed by atoms with van der Waals surface area (Å²) in [5.74, 6) is 0.772. The van der Waals surface area contributed by atoms with Gasteiger partial charge in [0, 0.05) is 24.5 Å². The summed E-state index contributed by atoms with van der Waals surface area (Å²) in [5.41, 5.74) is 0.342. The Hall–Kier alpha value is -0.160. The average Bonchev–Trinajstić information content (AvgIpc) is 2.29. The lowest BCUT2D eigenvalue weighted by Crippen LogP contribution is -2.66. The van der Waals surface area contributed by atoms with Crippen molar-refractivity contribution in [2.24, 2.45) is 11.3 Å². The predicted molar refractivity (Wildman–Crippen MR) is 66.1 cm³/mol. The lowest BCUT2D eigenvalue weighted by atomic mass is 9.65. The molecule has 4 heteroatoms. The Balaban J connectivity index is 1.71. The van der Waals surface area contributed by atoms with Gasteiger partial charge in [-0.2, -0.15) is 0 Å². The first-order valence-electron chi connectivity index (χ1n) is 6.89. The molecule has 3 saturated heterocycles. The molecule has 0 spiro atoms. The molecule has 0 saturated carbocycles. The summed E-state index contributed by atoms with van der Waals surface area (Å²) in [6.07, 6.45) is 2.68. The van der Waals surface area contributed by atoms with Gasteiger partial charge >= 0.3 is 0 Å². The number of likely N-dealkylation sites (tertiary alicyclic amines) is 1. The van der Waals surface area contributed by atoms with Crippen molar-refractivity contribution in [3.8, 4) is 0 Å². The molecule has 0 aromatic carbocycles. The van der Waals surface area contributed by atoms with E-state index in [0.717, 1.165) is 38.9 Å². The molecule has 0 bridgehead atoms.